The summed E-state index contributed by atoms with van der Waals surface area (Å²) in [6.45, 7) is 2.70. The van der Waals surface area contributed by atoms with Gasteiger partial charge in [0.25, 0.3) is 0 Å². The Labute approximate surface area is 79.6 Å². The van der Waals surface area contributed by atoms with Gasteiger partial charge in [-0.3, -0.25) is 0 Å². The molecule has 0 radical (unpaired) electrons. The molecule has 2 rings (SSSR count). The van der Waals surface area contributed by atoms with Crippen LogP contribution in [-0.4, -0.2) is 24.4 Å². The molecule has 1 saturated carbocycles. The van der Waals surface area contributed by atoms with Crippen molar-refractivity contribution in [2.75, 3.05) is 13.7 Å². The highest BCUT2D eigenvalue weighted by Gasteiger charge is 2.45. The molecular formula is C11H18O2. The van der Waals surface area contributed by atoms with Crippen LogP contribution in [0.3, 0.4) is 0 Å². The lowest BCUT2D eigenvalue weighted by molar-refractivity contribution is 0.000374. The average molecular weight is 182 g/mol. The van der Waals surface area contributed by atoms with Crippen LogP contribution in [0.4, 0.5) is 0 Å². The van der Waals surface area contributed by atoms with E-state index in [4.69, 9.17) is 4.74 Å². The van der Waals surface area contributed by atoms with Gasteiger partial charge in [0.15, 0.2) is 0 Å². The Kier molecular flexibility index (Phi) is 2.00. The lowest BCUT2D eigenvalue weighted by atomic mass is 9.73. The number of hydrogen-bond acceptors (Lipinski definition) is 2. The summed E-state index contributed by atoms with van der Waals surface area (Å²) in [6.07, 6.45) is 6.38. The van der Waals surface area contributed by atoms with Crippen molar-refractivity contribution in [2.24, 2.45) is 5.41 Å². The second-order valence-corrected chi connectivity index (χ2v) is 4.95. The Bertz CT molecular complexity index is 242. The third-order valence-corrected chi connectivity index (χ3v) is 3.28. The maximum Gasteiger partial charge on any atom is 0.0808 e. The van der Waals surface area contributed by atoms with E-state index in [1.54, 1.807) is 7.11 Å². The Hall–Kier alpha value is -0.340. The summed E-state index contributed by atoms with van der Waals surface area (Å²) in [5, 5.41) is 10.0. The van der Waals surface area contributed by atoms with Gasteiger partial charge in [-0.05, 0) is 32.6 Å². The van der Waals surface area contributed by atoms with Crippen molar-refractivity contribution < 1.29 is 9.84 Å². The second-order valence-electron chi connectivity index (χ2n) is 4.95. The first-order valence-corrected chi connectivity index (χ1v) is 4.97. The lowest BCUT2D eigenvalue weighted by Crippen LogP contribution is -2.36. The highest BCUT2D eigenvalue weighted by atomic mass is 16.5. The third kappa shape index (κ3) is 1.65. The van der Waals surface area contributed by atoms with Crippen molar-refractivity contribution in [3.8, 4) is 0 Å². The number of allylic oxidation sites excluding steroid dienone is 1. The maximum atomic E-state index is 10.0. The lowest BCUT2D eigenvalue weighted by Gasteiger charge is -2.37. The number of methoxy groups -OCH3 is 1. The van der Waals surface area contributed by atoms with Crippen molar-refractivity contribution in [3.05, 3.63) is 11.6 Å². The van der Waals surface area contributed by atoms with Gasteiger partial charge in [-0.25, -0.2) is 0 Å². The first-order valence-electron chi connectivity index (χ1n) is 4.97. The SMILES string of the molecule is COCC12CCC(=CC(C)(O)C1)C2. The summed E-state index contributed by atoms with van der Waals surface area (Å²) in [6, 6.07) is 0. The predicted octanol–water partition coefficient (Wildman–Crippen LogP) is 1.88. The minimum absolute atomic E-state index is 0.238. The number of aliphatic hydroxyl groups is 1. The van der Waals surface area contributed by atoms with E-state index in [-0.39, 0.29) is 5.41 Å². The van der Waals surface area contributed by atoms with Crippen molar-refractivity contribution >= 4 is 0 Å². The second kappa shape index (κ2) is 2.82. The van der Waals surface area contributed by atoms with Gasteiger partial charge < -0.3 is 9.84 Å². The van der Waals surface area contributed by atoms with Crippen LogP contribution >= 0.6 is 0 Å². The summed E-state index contributed by atoms with van der Waals surface area (Å²) < 4.78 is 5.26. The Balaban J connectivity index is 2.22. The van der Waals surface area contributed by atoms with E-state index >= 15 is 0 Å². The molecule has 0 aliphatic heterocycles. The normalized spacial score (nSPS) is 43.5. The molecule has 13 heavy (non-hydrogen) atoms. The fourth-order valence-corrected chi connectivity index (χ4v) is 3.09. The largest absolute Gasteiger partial charge is 0.386 e. The zero-order valence-electron chi connectivity index (χ0n) is 8.47. The molecule has 0 heterocycles. The van der Waals surface area contributed by atoms with Crippen molar-refractivity contribution in [2.45, 2.75) is 38.2 Å². The van der Waals surface area contributed by atoms with Crippen LogP contribution in [0.15, 0.2) is 11.6 Å². The number of fused-ring (bicyclic) bond motifs is 2. The minimum Gasteiger partial charge on any atom is -0.386 e. The molecule has 2 aliphatic rings. The van der Waals surface area contributed by atoms with E-state index < -0.39 is 5.60 Å². The number of hydrogen-bond donors (Lipinski definition) is 1. The zero-order valence-corrected chi connectivity index (χ0v) is 8.47. The van der Waals surface area contributed by atoms with E-state index in [1.807, 2.05) is 13.0 Å². The highest BCUT2D eigenvalue weighted by Crippen LogP contribution is 2.51. The molecule has 2 nitrogen and oxygen atoms in total. The monoisotopic (exact) mass is 182 g/mol. The molecule has 2 bridgehead atoms. The molecule has 2 unspecified atom stereocenters. The van der Waals surface area contributed by atoms with Crippen LogP contribution in [0.25, 0.3) is 0 Å². The summed E-state index contributed by atoms with van der Waals surface area (Å²) in [5.41, 5.74) is 1.07. The van der Waals surface area contributed by atoms with Crippen LogP contribution in [0, 0.1) is 5.41 Å². The molecule has 0 saturated heterocycles. The summed E-state index contributed by atoms with van der Waals surface area (Å²) in [4.78, 5) is 0. The van der Waals surface area contributed by atoms with Crippen LogP contribution in [0.2, 0.25) is 0 Å². The quantitative estimate of drug-likeness (QED) is 0.661. The zero-order chi connectivity index (χ0) is 9.53. The van der Waals surface area contributed by atoms with Gasteiger partial charge in [-0.1, -0.05) is 11.6 Å². The molecular weight excluding hydrogens is 164 g/mol. The van der Waals surface area contributed by atoms with E-state index in [1.165, 1.54) is 12.0 Å². The molecule has 0 amide bonds. The maximum absolute atomic E-state index is 10.0. The number of ether oxygens (including phenoxy) is 1. The Morgan fingerprint density at radius 3 is 3.08 bits per heavy atom. The Morgan fingerprint density at radius 2 is 2.38 bits per heavy atom. The Morgan fingerprint density at radius 1 is 1.62 bits per heavy atom. The molecule has 2 heteroatoms. The first kappa shape index (κ1) is 9.22. The molecule has 0 aromatic rings. The van der Waals surface area contributed by atoms with Gasteiger partial charge in [0.05, 0.1) is 12.2 Å². The van der Waals surface area contributed by atoms with Gasteiger partial charge in [-0.15, -0.1) is 0 Å². The molecule has 2 aliphatic carbocycles. The van der Waals surface area contributed by atoms with Gasteiger partial charge in [0, 0.05) is 12.5 Å². The number of rotatable bonds is 2. The van der Waals surface area contributed by atoms with E-state index in [2.05, 4.69) is 0 Å². The fourth-order valence-electron chi connectivity index (χ4n) is 3.09. The average Bonchev–Trinajstić information content (AvgIpc) is 2.26. The van der Waals surface area contributed by atoms with E-state index in [0.29, 0.717) is 0 Å². The van der Waals surface area contributed by atoms with Crippen molar-refractivity contribution in [1.82, 2.24) is 0 Å². The molecule has 2 atom stereocenters. The topological polar surface area (TPSA) is 29.5 Å². The summed E-state index contributed by atoms with van der Waals surface area (Å²) in [5.74, 6) is 0. The molecule has 74 valence electrons. The highest BCUT2D eigenvalue weighted by molar-refractivity contribution is 5.23. The minimum atomic E-state index is -0.595. The molecule has 0 aromatic carbocycles. The van der Waals surface area contributed by atoms with E-state index in [9.17, 15) is 5.11 Å². The molecule has 1 fully saturated rings. The standard InChI is InChI=1S/C11H18O2/c1-10(12)5-9-3-4-11(6-9,7-10)8-13-2/h5,12H,3-4,6-8H2,1-2H3. The summed E-state index contributed by atoms with van der Waals surface area (Å²) >= 11 is 0. The van der Waals surface area contributed by atoms with Gasteiger partial charge in [0.2, 0.25) is 0 Å². The van der Waals surface area contributed by atoms with Crippen LogP contribution in [0.1, 0.15) is 32.6 Å². The van der Waals surface area contributed by atoms with Crippen molar-refractivity contribution in [3.63, 3.8) is 0 Å². The van der Waals surface area contributed by atoms with Crippen LogP contribution in [-0.2, 0) is 4.74 Å². The predicted molar refractivity (Wildman–Crippen MR) is 51.5 cm³/mol. The fraction of sp³-hybridized carbons (Fsp3) is 0.818. The van der Waals surface area contributed by atoms with Gasteiger partial charge in [-0.2, -0.15) is 0 Å². The van der Waals surface area contributed by atoms with Crippen molar-refractivity contribution in [1.29, 1.82) is 0 Å². The van der Waals surface area contributed by atoms with Crippen LogP contribution in [0.5, 0.6) is 0 Å². The first-order chi connectivity index (χ1) is 6.05. The smallest absolute Gasteiger partial charge is 0.0808 e. The third-order valence-electron chi connectivity index (χ3n) is 3.28. The molecule has 0 spiro atoms. The summed E-state index contributed by atoms with van der Waals surface area (Å²) in [7, 11) is 1.75. The van der Waals surface area contributed by atoms with Crippen LogP contribution < -0.4 is 0 Å². The molecule has 0 aromatic heterocycles. The molecule has 1 N–H and O–H groups in total. The van der Waals surface area contributed by atoms with E-state index in [0.717, 1.165) is 25.9 Å². The van der Waals surface area contributed by atoms with Gasteiger partial charge in [0.1, 0.15) is 0 Å². The van der Waals surface area contributed by atoms with Gasteiger partial charge >= 0.3 is 0 Å².